The van der Waals surface area contributed by atoms with Crippen LogP contribution in [0.3, 0.4) is 0 Å². The monoisotopic (exact) mass is 287 g/mol. The van der Waals surface area contributed by atoms with Crippen LogP contribution in [-0.2, 0) is 0 Å². The highest BCUT2D eigenvalue weighted by Gasteiger charge is 2.20. The third-order valence-electron chi connectivity index (χ3n) is 3.32. The van der Waals surface area contributed by atoms with E-state index in [1.165, 1.54) is 0 Å². The minimum absolute atomic E-state index is 0.0764. The Labute approximate surface area is 124 Å². The maximum atomic E-state index is 12.5. The third-order valence-corrected chi connectivity index (χ3v) is 3.32. The van der Waals surface area contributed by atoms with Crippen LogP contribution in [0.2, 0.25) is 0 Å². The molecule has 0 atom stereocenters. The number of amides is 1. The zero-order valence-electron chi connectivity index (χ0n) is 12.4. The van der Waals surface area contributed by atoms with Crippen molar-refractivity contribution in [2.45, 2.75) is 26.3 Å². The molecule has 5 nitrogen and oxygen atoms in total. The lowest BCUT2D eigenvalue weighted by molar-refractivity contribution is 0.0687. The number of carbonyl (C=O) groups is 1. The van der Waals surface area contributed by atoms with Gasteiger partial charge < -0.3 is 10.0 Å². The summed E-state index contributed by atoms with van der Waals surface area (Å²) >= 11 is 0. The van der Waals surface area contributed by atoms with Crippen molar-refractivity contribution in [1.82, 2.24) is 15.1 Å². The predicted molar refractivity (Wildman–Crippen MR) is 81.9 cm³/mol. The summed E-state index contributed by atoms with van der Waals surface area (Å²) in [4.78, 5) is 14.2. The van der Waals surface area contributed by atoms with Crippen LogP contribution in [0.1, 0.15) is 30.8 Å². The van der Waals surface area contributed by atoms with Gasteiger partial charge in [0.2, 0.25) is 0 Å². The maximum absolute atomic E-state index is 12.5. The summed E-state index contributed by atoms with van der Waals surface area (Å²) in [6.07, 6.45) is 0.573. The van der Waals surface area contributed by atoms with E-state index in [0.717, 1.165) is 11.3 Å². The molecule has 0 bridgehead atoms. The van der Waals surface area contributed by atoms with Crippen LogP contribution in [0, 0.1) is 0 Å². The average molecular weight is 287 g/mol. The summed E-state index contributed by atoms with van der Waals surface area (Å²) in [6, 6.07) is 11.6. The lowest BCUT2D eigenvalue weighted by Crippen LogP contribution is -2.38. The molecule has 0 unspecified atom stereocenters. The maximum Gasteiger partial charge on any atom is 0.272 e. The lowest BCUT2D eigenvalue weighted by atomic mass is 10.1. The van der Waals surface area contributed by atoms with Gasteiger partial charge in [-0.2, -0.15) is 5.10 Å². The van der Waals surface area contributed by atoms with Gasteiger partial charge in [0.05, 0.1) is 5.69 Å². The van der Waals surface area contributed by atoms with Crippen LogP contribution >= 0.6 is 0 Å². The first kappa shape index (κ1) is 15.3. The number of hydrogen-bond acceptors (Lipinski definition) is 3. The number of hydrogen-bond donors (Lipinski definition) is 2. The molecule has 0 saturated carbocycles. The number of carbonyl (C=O) groups excluding carboxylic acids is 1. The first-order valence-corrected chi connectivity index (χ1v) is 7.16. The Hall–Kier alpha value is -2.14. The number of rotatable bonds is 6. The second-order valence-corrected chi connectivity index (χ2v) is 5.20. The van der Waals surface area contributed by atoms with E-state index in [1.54, 1.807) is 11.0 Å². The molecule has 1 heterocycles. The van der Waals surface area contributed by atoms with Gasteiger partial charge in [-0.25, -0.2) is 0 Å². The standard InChI is InChI=1S/C16H21N3O2/c1-12(2)19(9-6-10-20)16(21)15-11-14(17-18-15)13-7-4-3-5-8-13/h3-5,7-8,11-12,20H,6,9-10H2,1-2H3,(H,17,18). The van der Waals surface area contributed by atoms with Crippen LogP contribution < -0.4 is 0 Å². The average Bonchev–Trinajstić information content (AvgIpc) is 2.98. The fourth-order valence-electron chi connectivity index (χ4n) is 2.18. The van der Waals surface area contributed by atoms with Gasteiger partial charge >= 0.3 is 0 Å². The number of nitrogens with one attached hydrogen (secondary N) is 1. The number of aromatic nitrogens is 2. The molecule has 2 aromatic rings. The number of aliphatic hydroxyl groups excluding tert-OH is 1. The van der Waals surface area contributed by atoms with Crippen molar-refractivity contribution in [2.24, 2.45) is 0 Å². The highest BCUT2D eigenvalue weighted by molar-refractivity contribution is 5.93. The first-order chi connectivity index (χ1) is 10.1. The molecule has 1 aromatic carbocycles. The van der Waals surface area contributed by atoms with Gasteiger partial charge in [0.1, 0.15) is 5.69 Å². The molecule has 0 saturated heterocycles. The second-order valence-electron chi connectivity index (χ2n) is 5.20. The Balaban J connectivity index is 2.17. The summed E-state index contributed by atoms with van der Waals surface area (Å²) < 4.78 is 0. The minimum atomic E-state index is -0.0897. The molecule has 0 aliphatic carbocycles. The SMILES string of the molecule is CC(C)N(CCCO)C(=O)c1cc(-c2ccccc2)n[nH]1. The Bertz CT molecular complexity index is 578. The van der Waals surface area contributed by atoms with Crippen molar-refractivity contribution >= 4 is 5.91 Å². The molecular formula is C16H21N3O2. The van der Waals surface area contributed by atoms with Crippen LogP contribution in [0.4, 0.5) is 0 Å². The normalized spacial score (nSPS) is 10.9. The van der Waals surface area contributed by atoms with Gasteiger partial charge in [0, 0.05) is 24.8 Å². The fraction of sp³-hybridized carbons (Fsp3) is 0.375. The Morgan fingerprint density at radius 1 is 1.33 bits per heavy atom. The number of aliphatic hydroxyl groups is 1. The molecule has 2 N–H and O–H groups in total. The fourth-order valence-corrected chi connectivity index (χ4v) is 2.18. The van der Waals surface area contributed by atoms with Crippen molar-refractivity contribution in [2.75, 3.05) is 13.2 Å². The van der Waals surface area contributed by atoms with E-state index in [2.05, 4.69) is 10.2 Å². The highest BCUT2D eigenvalue weighted by atomic mass is 16.3. The van der Waals surface area contributed by atoms with Crippen molar-refractivity contribution < 1.29 is 9.90 Å². The topological polar surface area (TPSA) is 69.2 Å². The van der Waals surface area contributed by atoms with Crippen LogP contribution in [0.15, 0.2) is 36.4 Å². The molecule has 0 radical (unpaired) electrons. The van der Waals surface area contributed by atoms with E-state index < -0.39 is 0 Å². The quantitative estimate of drug-likeness (QED) is 0.856. The molecule has 2 rings (SSSR count). The molecule has 0 aliphatic rings. The molecule has 1 aromatic heterocycles. The molecule has 112 valence electrons. The zero-order valence-corrected chi connectivity index (χ0v) is 12.4. The smallest absolute Gasteiger partial charge is 0.272 e. The minimum Gasteiger partial charge on any atom is -0.396 e. The Kier molecular flexibility index (Phi) is 5.11. The van der Waals surface area contributed by atoms with Crippen LogP contribution in [0.25, 0.3) is 11.3 Å². The van der Waals surface area contributed by atoms with Gasteiger partial charge in [-0.1, -0.05) is 30.3 Å². The van der Waals surface area contributed by atoms with E-state index in [4.69, 9.17) is 5.11 Å². The molecule has 0 spiro atoms. The molecule has 21 heavy (non-hydrogen) atoms. The van der Waals surface area contributed by atoms with E-state index in [0.29, 0.717) is 18.7 Å². The molecular weight excluding hydrogens is 266 g/mol. The largest absolute Gasteiger partial charge is 0.396 e. The van der Waals surface area contributed by atoms with Crippen molar-refractivity contribution in [3.8, 4) is 11.3 Å². The summed E-state index contributed by atoms with van der Waals surface area (Å²) in [5.41, 5.74) is 2.20. The van der Waals surface area contributed by atoms with Gasteiger partial charge in [0.15, 0.2) is 0 Å². The van der Waals surface area contributed by atoms with Crippen molar-refractivity contribution in [1.29, 1.82) is 0 Å². The number of H-pyrrole nitrogens is 1. The summed E-state index contributed by atoms with van der Waals surface area (Å²) in [5, 5.41) is 16.0. The lowest BCUT2D eigenvalue weighted by Gasteiger charge is -2.25. The molecule has 0 fully saturated rings. The van der Waals surface area contributed by atoms with Gasteiger partial charge in [-0.15, -0.1) is 0 Å². The van der Waals surface area contributed by atoms with Gasteiger partial charge in [-0.05, 0) is 26.3 Å². The predicted octanol–water partition coefficient (Wildman–Crippen LogP) is 2.31. The zero-order chi connectivity index (χ0) is 15.2. The number of aromatic amines is 1. The molecule has 1 amide bonds. The van der Waals surface area contributed by atoms with E-state index >= 15 is 0 Å². The second kappa shape index (κ2) is 7.04. The Morgan fingerprint density at radius 3 is 2.67 bits per heavy atom. The van der Waals surface area contributed by atoms with Gasteiger partial charge in [0.25, 0.3) is 5.91 Å². The van der Waals surface area contributed by atoms with Crippen molar-refractivity contribution in [3.63, 3.8) is 0 Å². The number of benzene rings is 1. The first-order valence-electron chi connectivity index (χ1n) is 7.16. The van der Waals surface area contributed by atoms with Crippen molar-refractivity contribution in [3.05, 3.63) is 42.1 Å². The van der Waals surface area contributed by atoms with E-state index in [9.17, 15) is 4.79 Å². The molecule has 0 aliphatic heterocycles. The molecule has 5 heteroatoms. The summed E-state index contributed by atoms with van der Waals surface area (Å²) in [7, 11) is 0. The van der Waals surface area contributed by atoms with E-state index in [-0.39, 0.29) is 18.6 Å². The highest BCUT2D eigenvalue weighted by Crippen LogP contribution is 2.18. The number of nitrogens with zero attached hydrogens (tertiary/aromatic N) is 2. The summed E-state index contributed by atoms with van der Waals surface area (Å²) in [5.74, 6) is -0.0897. The third kappa shape index (κ3) is 3.70. The van der Waals surface area contributed by atoms with E-state index in [1.807, 2.05) is 44.2 Å². The summed E-state index contributed by atoms with van der Waals surface area (Å²) in [6.45, 7) is 4.54. The Morgan fingerprint density at radius 2 is 2.05 bits per heavy atom. The van der Waals surface area contributed by atoms with Crippen LogP contribution in [0.5, 0.6) is 0 Å². The van der Waals surface area contributed by atoms with Gasteiger partial charge in [-0.3, -0.25) is 9.89 Å². The van der Waals surface area contributed by atoms with Crippen LogP contribution in [-0.4, -0.2) is 45.3 Å².